The summed E-state index contributed by atoms with van der Waals surface area (Å²) >= 11 is 6.03. The SMILES string of the molecule is O=C1c2oc3ccc(F)cc3c(=O)c2[C@@H](c2ccc(Cl)cc2)N1C[C@@H]1CCCO1. The second-order valence-corrected chi connectivity index (χ2v) is 7.80. The molecular weight excluding hydrogens is 397 g/mol. The van der Waals surface area contributed by atoms with Gasteiger partial charge in [0.2, 0.25) is 5.76 Å². The number of hydrogen-bond acceptors (Lipinski definition) is 4. The van der Waals surface area contributed by atoms with Crippen LogP contribution in [0.25, 0.3) is 11.0 Å². The van der Waals surface area contributed by atoms with Gasteiger partial charge < -0.3 is 14.1 Å². The van der Waals surface area contributed by atoms with Crippen LogP contribution in [0, 0.1) is 5.82 Å². The first-order valence-corrected chi connectivity index (χ1v) is 9.85. The number of fused-ring (bicyclic) bond motifs is 2. The summed E-state index contributed by atoms with van der Waals surface area (Å²) < 4.78 is 25.3. The Morgan fingerprint density at radius 3 is 2.66 bits per heavy atom. The van der Waals surface area contributed by atoms with E-state index in [1.807, 2.05) is 0 Å². The van der Waals surface area contributed by atoms with E-state index in [0.717, 1.165) is 24.5 Å². The van der Waals surface area contributed by atoms with E-state index in [2.05, 4.69) is 0 Å². The molecule has 5 nitrogen and oxygen atoms in total. The fourth-order valence-electron chi connectivity index (χ4n) is 4.18. The molecule has 0 radical (unpaired) electrons. The fraction of sp³-hybridized carbons (Fsp3) is 0.273. The lowest BCUT2D eigenvalue weighted by atomic mass is 9.98. The summed E-state index contributed by atoms with van der Waals surface area (Å²) in [6, 6.07) is 10.1. The number of hydrogen-bond donors (Lipinski definition) is 0. The quantitative estimate of drug-likeness (QED) is 0.642. The monoisotopic (exact) mass is 413 g/mol. The maximum absolute atomic E-state index is 13.8. The Hall–Kier alpha value is -2.70. The van der Waals surface area contributed by atoms with Gasteiger partial charge in [0.15, 0.2) is 5.43 Å². The van der Waals surface area contributed by atoms with E-state index >= 15 is 0 Å². The third kappa shape index (κ3) is 3.03. The summed E-state index contributed by atoms with van der Waals surface area (Å²) in [4.78, 5) is 28.1. The molecule has 7 heteroatoms. The van der Waals surface area contributed by atoms with Crippen molar-refractivity contribution in [2.24, 2.45) is 0 Å². The highest BCUT2D eigenvalue weighted by molar-refractivity contribution is 6.30. The number of rotatable bonds is 3. The molecule has 5 rings (SSSR count). The summed E-state index contributed by atoms with van der Waals surface area (Å²) in [7, 11) is 0. The molecule has 0 unspecified atom stereocenters. The van der Waals surface area contributed by atoms with Gasteiger partial charge in [-0.3, -0.25) is 9.59 Å². The topological polar surface area (TPSA) is 59.8 Å². The predicted octanol–water partition coefficient (Wildman–Crippen LogP) is 4.31. The van der Waals surface area contributed by atoms with Crippen molar-refractivity contribution in [2.75, 3.05) is 13.2 Å². The van der Waals surface area contributed by atoms with Crippen molar-refractivity contribution in [3.8, 4) is 0 Å². The van der Waals surface area contributed by atoms with E-state index in [1.165, 1.54) is 12.1 Å². The number of carbonyl (C=O) groups excluding carboxylic acids is 1. The smallest absolute Gasteiger partial charge is 0.291 e. The summed E-state index contributed by atoms with van der Waals surface area (Å²) in [6.07, 6.45) is 1.69. The molecule has 2 atom stereocenters. The maximum Gasteiger partial charge on any atom is 0.291 e. The summed E-state index contributed by atoms with van der Waals surface area (Å²) in [5.74, 6) is -0.890. The Morgan fingerprint density at radius 1 is 1.14 bits per heavy atom. The van der Waals surface area contributed by atoms with Crippen molar-refractivity contribution >= 4 is 28.5 Å². The summed E-state index contributed by atoms with van der Waals surface area (Å²) in [5, 5.41) is 0.672. The van der Waals surface area contributed by atoms with Gasteiger partial charge in [-0.1, -0.05) is 23.7 Å². The molecule has 0 spiro atoms. The molecule has 0 aliphatic carbocycles. The largest absolute Gasteiger partial charge is 0.450 e. The average Bonchev–Trinajstić information content (AvgIpc) is 3.32. The van der Waals surface area contributed by atoms with Crippen LogP contribution in [-0.2, 0) is 4.74 Å². The lowest BCUT2D eigenvalue weighted by Crippen LogP contribution is -2.36. The minimum absolute atomic E-state index is 0.00653. The number of benzene rings is 2. The van der Waals surface area contributed by atoms with Crippen LogP contribution in [0.3, 0.4) is 0 Å². The lowest BCUT2D eigenvalue weighted by Gasteiger charge is -2.27. The van der Waals surface area contributed by atoms with Gasteiger partial charge in [-0.25, -0.2) is 4.39 Å². The minimum Gasteiger partial charge on any atom is -0.450 e. The Labute approximate surface area is 170 Å². The molecule has 1 saturated heterocycles. The van der Waals surface area contributed by atoms with Crippen molar-refractivity contribution in [2.45, 2.75) is 25.0 Å². The van der Waals surface area contributed by atoms with E-state index in [4.69, 9.17) is 20.8 Å². The molecule has 3 aromatic rings. The van der Waals surface area contributed by atoms with Gasteiger partial charge >= 0.3 is 0 Å². The predicted molar refractivity (Wildman–Crippen MR) is 106 cm³/mol. The zero-order valence-corrected chi connectivity index (χ0v) is 16.1. The van der Waals surface area contributed by atoms with Crippen LogP contribution in [0.15, 0.2) is 51.7 Å². The van der Waals surface area contributed by atoms with Gasteiger partial charge in [0, 0.05) is 18.2 Å². The first kappa shape index (κ1) is 18.3. The highest BCUT2D eigenvalue weighted by Gasteiger charge is 2.43. The molecule has 0 N–H and O–H groups in total. The second-order valence-electron chi connectivity index (χ2n) is 7.36. The van der Waals surface area contributed by atoms with Gasteiger partial charge in [-0.15, -0.1) is 0 Å². The number of halogens is 2. The maximum atomic E-state index is 13.8. The van der Waals surface area contributed by atoms with Crippen molar-refractivity contribution in [3.63, 3.8) is 0 Å². The van der Waals surface area contributed by atoms with E-state index in [0.29, 0.717) is 18.2 Å². The van der Waals surface area contributed by atoms with E-state index < -0.39 is 17.3 Å². The molecule has 1 fully saturated rings. The van der Waals surface area contributed by atoms with Crippen LogP contribution < -0.4 is 5.43 Å². The third-order valence-electron chi connectivity index (χ3n) is 5.54. The zero-order chi connectivity index (χ0) is 20.1. The van der Waals surface area contributed by atoms with Gasteiger partial charge in [0.1, 0.15) is 11.4 Å². The highest BCUT2D eigenvalue weighted by Crippen LogP contribution is 2.39. The Morgan fingerprint density at radius 2 is 1.93 bits per heavy atom. The summed E-state index contributed by atoms with van der Waals surface area (Å²) in [6.45, 7) is 1.01. The molecule has 2 aliphatic rings. The number of amides is 1. The first-order chi connectivity index (χ1) is 14.0. The van der Waals surface area contributed by atoms with E-state index in [9.17, 15) is 14.0 Å². The van der Waals surface area contributed by atoms with Gasteiger partial charge in [-0.2, -0.15) is 0 Å². The molecule has 2 aromatic carbocycles. The van der Waals surface area contributed by atoms with Crippen LogP contribution in [0.5, 0.6) is 0 Å². The van der Waals surface area contributed by atoms with Crippen LogP contribution in [0.2, 0.25) is 5.02 Å². The van der Waals surface area contributed by atoms with E-state index in [-0.39, 0.29) is 34.3 Å². The van der Waals surface area contributed by atoms with Crippen LogP contribution in [-0.4, -0.2) is 30.1 Å². The van der Waals surface area contributed by atoms with Crippen molar-refractivity contribution in [3.05, 3.63) is 80.4 Å². The normalized spacial score (nSPS) is 21.2. The lowest BCUT2D eigenvalue weighted by molar-refractivity contribution is 0.0486. The summed E-state index contributed by atoms with van der Waals surface area (Å²) in [5.41, 5.74) is 0.761. The van der Waals surface area contributed by atoms with Crippen molar-refractivity contribution < 1.29 is 18.3 Å². The van der Waals surface area contributed by atoms with E-state index in [1.54, 1.807) is 29.2 Å². The highest BCUT2D eigenvalue weighted by atomic mass is 35.5. The third-order valence-corrected chi connectivity index (χ3v) is 5.79. The van der Waals surface area contributed by atoms with Crippen molar-refractivity contribution in [1.82, 2.24) is 4.90 Å². The van der Waals surface area contributed by atoms with Gasteiger partial charge in [-0.05, 0) is 48.7 Å². The Bertz CT molecular complexity index is 1170. The molecule has 3 heterocycles. The standard InChI is InChI=1S/C22H17ClFNO4/c23-13-5-3-12(4-6-13)19-18-20(26)16-10-14(24)7-8-17(16)29-21(18)22(27)25(19)11-15-2-1-9-28-15/h3-8,10,15,19H,1-2,9,11H2/t15-,19+/m0/s1. The van der Waals surface area contributed by atoms with Crippen LogP contribution in [0.4, 0.5) is 4.39 Å². The molecule has 1 aromatic heterocycles. The number of carbonyl (C=O) groups is 1. The first-order valence-electron chi connectivity index (χ1n) is 9.47. The molecule has 1 amide bonds. The Balaban J connectivity index is 1.71. The zero-order valence-electron chi connectivity index (χ0n) is 15.4. The second kappa shape index (κ2) is 6.97. The van der Waals surface area contributed by atoms with Crippen molar-refractivity contribution in [1.29, 1.82) is 0 Å². The molecule has 29 heavy (non-hydrogen) atoms. The molecule has 2 aliphatic heterocycles. The Kier molecular flexibility index (Phi) is 4.41. The molecule has 0 bridgehead atoms. The van der Waals surface area contributed by atoms with Gasteiger partial charge in [0.25, 0.3) is 5.91 Å². The minimum atomic E-state index is -0.636. The molecule has 148 valence electrons. The van der Waals surface area contributed by atoms with Crippen LogP contribution in [0.1, 0.15) is 40.6 Å². The van der Waals surface area contributed by atoms with Crippen LogP contribution >= 0.6 is 11.6 Å². The molecular formula is C22H17ClFNO4. The fourth-order valence-corrected chi connectivity index (χ4v) is 4.31. The number of ether oxygens (including phenoxy) is 1. The average molecular weight is 414 g/mol. The molecule has 0 saturated carbocycles. The number of nitrogens with zero attached hydrogens (tertiary/aromatic N) is 1. The van der Waals surface area contributed by atoms with Gasteiger partial charge in [0.05, 0.1) is 23.1 Å².